The minimum atomic E-state index is -0.954. The summed E-state index contributed by atoms with van der Waals surface area (Å²) >= 11 is 0. The fourth-order valence-electron chi connectivity index (χ4n) is 3.84. The van der Waals surface area contributed by atoms with Crippen molar-refractivity contribution in [3.63, 3.8) is 0 Å². The van der Waals surface area contributed by atoms with E-state index in [2.05, 4.69) is 0 Å². The van der Waals surface area contributed by atoms with Crippen LogP contribution < -0.4 is 19.2 Å². The zero-order chi connectivity index (χ0) is 21.4. The van der Waals surface area contributed by atoms with Crippen LogP contribution in [0.1, 0.15) is 33.9 Å². The van der Waals surface area contributed by atoms with Crippen LogP contribution in [0.5, 0.6) is 17.2 Å². The number of hydrogen-bond donors (Lipinski definition) is 1. The zero-order valence-electron chi connectivity index (χ0n) is 16.8. The minimum Gasteiger partial charge on any atom is -0.497 e. The van der Waals surface area contributed by atoms with E-state index in [9.17, 15) is 9.90 Å². The Morgan fingerprint density at radius 2 is 1.77 bits per heavy atom. The molecule has 156 valence electrons. The maximum absolute atomic E-state index is 11.2. The highest BCUT2D eigenvalue weighted by Crippen LogP contribution is 2.39. The first-order valence-corrected chi connectivity index (χ1v) is 9.86. The van der Waals surface area contributed by atoms with Crippen molar-refractivity contribution in [2.75, 3.05) is 18.9 Å². The fraction of sp³-hybridized carbons (Fsp3) is 0.167. The molecule has 0 bridgehead atoms. The molecule has 0 radical (unpaired) electrons. The molecule has 0 saturated heterocycles. The number of aromatic carboxylic acids is 1. The van der Waals surface area contributed by atoms with Crippen molar-refractivity contribution in [2.45, 2.75) is 12.5 Å². The topological polar surface area (TPSA) is 80.6 Å². The van der Waals surface area contributed by atoms with Crippen molar-refractivity contribution in [1.29, 1.82) is 0 Å². The third kappa shape index (κ3) is 3.54. The third-order valence-electron chi connectivity index (χ3n) is 5.50. The Morgan fingerprint density at radius 3 is 2.48 bits per heavy atom. The second-order valence-corrected chi connectivity index (χ2v) is 7.30. The number of methoxy groups -OCH3 is 1. The van der Waals surface area contributed by atoms with E-state index < -0.39 is 5.97 Å². The molecule has 0 saturated carbocycles. The largest absolute Gasteiger partial charge is 0.497 e. The van der Waals surface area contributed by atoms with E-state index in [1.807, 2.05) is 47.5 Å². The number of anilines is 1. The van der Waals surface area contributed by atoms with Gasteiger partial charge in [0, 0.05) is 12.0 Å². The number of hydrazone groups is 1. The Hall–Kier alpha value is -4.00. The van der Waals surface area contributed by atoms with Crippen molar-refractivity contribution < 1.29 is 24.1 Å². The van der Waals surface area contributed by atoms with Gasteiger partial charge in [-0.2, -0.15) is 5.10 Å². The Labute approximate surface area is 179 Å². The van der Waals surface area contributed by atoms with Gasteiger partial charge in [-0.3, -0.25) is 5.01 Å². The average Bonchev–Trinajstić information content (AvgIpc) is 3.46. The molecule has 0 fully saturated rings. The number of carbonyl (C=O) groups is 1. The molecule has 0 aromatic heterocycles. The maximum Gasteiger partial charge on any atom is 0.335 e. The average molecular weight is 416 g/mol. The molecule has 1 atom stereocenters. The summed E-state index contributed by atoms with van der Waals surface area (Å²) in [4.78, 5) is 11.2. The zero-order valence-corrected chi connectivity index (χ0v) is 16.8. The summed E-state index contributed by atoms with van der Waals surface area (Å²) in [7, 11) is 1.64. The number of rotatable bonds is 5. The van der Waals surface area contributed by atoms with Crippen molar-refractivity contribution >= 4 is 17.4 Å². The SMILES string of the molecule is COc1ccc(C2CC(c3ccc4c(c3)OCO4)=NN2c2ccc(C(=O)O)cc2)cc1. The molecule has 0 spiro atoms. The number of carboxylic acids is 1. The monoisotopic (exact) mass is 416 g/mol. The first-order chi connectivity index (χ1) is 15.1. The molecule has 1 unspecified atom stereocenters. The van der Waals surface area contributed by atoms with Gasteiger partial charge in [0.25, 0.3) is 0 Å². The molecular weight excluding hydrogens is 396 g/mol. The van der Waals surface area contributed by atoms with E-state index in [0.29, 0.717) is 12.2 Å². The number of benzene rings is 3. The summed E-state index contributed by atoms with van der Waals surface area (Å²) in [5.41, 5.74) is 4.03. The standard InChI is InChI=1S/C24H20N2O5/c1-29-19-9-4-15(5-10-19)21-13-20(17-6-11-22-23(12-17)31-14-30-22)25-26(21)18-7-2-16(3-8-18)24(27)28/h2-12,21H,13-14H2,1H3,(H,27,28). The maximum atomic E-state index is 11.2. The van der Waals surface area contributed by atoms with Crippen LogP contribution in [0.4, 0.5) is 5.69 Å². The highest BCUT2D eigenvalue weighted by molar-refractivity contribution is 6.03. The van der Waals surface area contributed by atoms with E-state index in [-0.39, 0.29) is 18.4 Å². The molecule has 5 rings (SSSR count). The smallest absolute Gasteiger partial charge is 0.335 e. The van der Waals surface area contributed by atoms with Crippen LogP contribution in [0.2, 0.25) is 0 Å². The normalized spacial score (nSPS) is 16.9. The summed E-state index contributed by atoms with van der Waals surface area (Å²) < 4.78 is 16.2. The van der Waals surface area contributed by atoms with Gasteiger partial charge in [0.15, 0.2) is 11.5 Å². The molecule has 1 N–H and O–H groups in total. The summed E-state index contributed by atoms with van der Waals surface area (Å²) in [5.74, 6) is 1.28. The molecule has 3 aromatic carbocycles. The van der Waals surface area contributed by atoms with Gasteiger partial charge in [-0.1, -0.05) is 12.1 Å². The highest BCUT2D eigenvalue weighted by Gasteiger charge is 2.31. The number of hydrogen-bond acceptors (Lipinski definition) is 6. The summed E-state index contributed by atoms with van der Waals surface area (Å²) in [6, 6.07) is 20.5. The Balaban J connectivity index is 1.52. The number of fused-ring (bicyclic) bond motifs is 1. The Bertz CT molecular complexity index is 1160. The molecule has 7 nitrogen and oxygen atoms in total. The van der Waals surface area contributed by atoms with Gasteiger partial charge in [0.2, 0.25) is 6.79 Å². The highest BCUT2D eigenvalue weighted by atomic mass is 16.7. The van der Waals surface area contributed by atoms with Crippen LogP contribution in [-0.2, 0) is 0 Å². The van der Waals surface area contributed by atoms with E-state index >= 15 is 0 Å². The van der Waals surface area contributed by atoms with Crippen molar-refractivity contribution in [1.82, 2.24) is 0 Å². The lowest BCUT2D eigenvalue weighted by atomic mass is 9.98. The van der Waals surface area contributed by atoms with Gasteiger partial charge >= 0.3 is 5.97 Å². The lowest BCUT2D eigenvalue weighted by Gasteiger charge is -2.24. The lowest BCUT2D eigenvalue weighted by Crippen LogP contribution is -2.18. The second-order valence-electron chi connectivity index (χ2n) is 7.30. The van der Waals surface area contributed by atoms with Gasteiger partial charge in [0.05, 0.1) is 30.1 Å². The lowest BCUT2D eigenvalue weighted by molar-refractivity contribution is 0.0697. The number of nitrogens with zero attached hydrogens (tertiary/aromatic N) is 2. The fourth-order valence-corrected chi connectivity index (χ4v) is 3.84. The van der Waals surface area contributed by atoms with E-state index in [1.165, 1.54) is 0 Å². The van der Waals surface area contributed by atoms with Crippen LogP contribution in [0, 0.1) is 0 Å². The van der Waals surface area contributed by atoms with Gasteiger partial charge < -0.3 is 19.3 Å². The number of ether oxygens (including phenoxy) is 3. The third-order valence-corrected chi connectivity index (χ3v) is 5.50. The van der Waals surface area contributed by atoms with Gasteiger partial charge in [-0.25, -0.2) is 4.79 Å². The summed E-state index contributed by atoms with van der Waals surface area (Å²) in [6.07, 6.45) is 0.687. The van der Waals surface area contributed by atoms with Crippen LogP contribution in [0.15, 0.2) is 71.8 Å². The van der Waals surface area contributed by atoms with Gasteiger partial charge in [0.1, 0.15) is 5.75 Å². The summed E-state index contributed by atoms with van der Waals surface area (Å²) in [5, 5.41) is 16.1. The first kappa shape index (κ1) is 19.0. The Morgan fingerprint density at radius 1 is 1.03 bits per heavy atom. The van der Waals surface area contributed by atoms with Crippen molar-refractivity contribution in [2.24, 2.45) is 5.10 Å². The molecule has 2 aliphatic heterocycles. The predicted molar refractivity (Wildman–Crippen MR) is 115 cm³/mol. The van der Waals surface area contributed by atoms with E-state index in [1.54, 1.807) is 31.4 Å². The molecular formula is C24H20N2O5. The minimum absolute atomic E-state index is 0.0398. The second kappa shape index (κ2) is 7.68. The molecule has 3 aromatic rings. The van der Waals surface area contributed by atoms with Crippen LogP contribution in [-0.4, -0.2) is 30.7 Å². The molecule has 2 aliphatic rings. The quantitative estimate of drug-likeness (QED) is 0.661. The van der Waals surface area contributed by atoms with Crippen LogP contribution in [0.3, 0.4) is 0 Å². The molecule has 2 heterocycles. The van der Waals surface area contributed by atoms with Gasteiger partial charge in [-0.05, 0) is 60.2 Å². The molecule has 31 heavy (non-hydrogen) atoms. The molecule has 0 amide bonds. The van der Waals surface area contributed by atoms with E-state index in [0.717, 1.165) is 34.0 Å². The molecule has 0 aliphatic carbocycles. The first-order valence-electron chi connectivity index (χ1n) is 9.86. The van der Waals surface area contributed by atoms with Crippen LogP contribution >= 0.6 is 0 Å². The predicted octanol–water partition coefficient (Wildman–Crippen LogP) is 4.48. The molecule has 7 heteroatoms. The van der Waals surface area contributed by atoms with E-state index in [4.69, 9.17) is 19.3 Å². The van der Waals surface area contributed by atoms with Gasteiger partial charge in [-0.15, -0.1) is 0 Å². The van der Waals surface area contributed by atoms with Crippen LogP contribution in [0.25, 0.3) is 0 Å². The number of carboxylic acid groups (broad SMARTS) is 1. The van der Waals surface area contributed by atoms with Crippen molar-refractivity contribution in [3.8, 4) is 17.2 Å². The van der Waals surface area contributed by atoms with Crippen molar-refractivity contribution in [3.05, 3.63) is 83.4 Å². The Kier molecular flexibility index (Phi) is 4.71. The summed E-state index contributed by atoms with van der Waals surface area (Å²) in [6.45, 7) is 0.224.